The van der Waals surface area contributed by atoms with Crippen molar-refractivity contribution in [3.05, 3.63) is 59.7 Å². The van der Waals surface area contributed by atoms with Gasteiger partial charge in [0.1, 0.15) is 10.6 Å². The zero-order valence-corrected chi connectivity index (χ0v) is 15.0. The molecular formula is C16H14O8S2. The SMILES string of the molecule is COc1ccc(C=CC(=O)c2ccc(S(=O)(=O)O)cc2)cc1S(=O)(=O)O. The Bertz CT molecular complexity index is 1070. The summed E-state index contributed by atoms with van der Waals surface area (Å²) >= 11 is 0. The zero-order valence-electron chi connectivity index (χ0n) is 13.4. The monoisotopic (exact) mass is 398 g/mol. The van der Waals surface area contributed by atoms with Crippen LogP contribution in [-0.2, 0) is 20.2 Å². The number of allylic oxidation sites excluding steroid dienone is 1. The van der Waals surface area contributed by atoms with E-state index >= 15 is 0 Å². The Labute approximate surface area is 150 Å². The molecule has 2 aromatic carbocycles. The summed E-state index contributed by atoms with van der Waals surface area (Å²) < 4.78 is 67.6. The number of rotatable bonds is 6. The van der Waals surface area contributed by atoms with Crippen LogP contribution in [0.5, 0.6) is 5.75 Å². The summed E-state index contributed by atoms with van der Waals surface area (Å²) in [6.45, 7) is 0. The van der Waals surface area contributed by atoms with Gasteiger partial charge in [-0.3, -0.25) is 13.9 Å². The fourth-order valence-corrected chi connectivity index (χ4v) is 3.23. The fraction of sp³-hybridized carbons (Fsp3) is 0.0625. The molecule has 8 nitrogen and oxygen atoms in total. The first-order valence-corrected chi connectivity index (χ1v) is 9.86. The van der Waals surface area contributed by atoms with Crippen LogP contribution < -0.4 is 4.74 Å². The lowest BCUT2D eigenvalue weighted by molar-refractivity contribution is 0.104. The number of methoxy groups -OCH3 is 1. The molecule has 0 amide bonds. The Morgan fingerprint density at radius 1 is 0.962 bits per heavy atom. The molecule has 0 saturated carbocycles. The smallest absolute Gasteiger partial charge is 0.298 e. The first kappa shape index (κ1) is 19.8. The Kier molecular flexibility index (Phi) is 5.62. The highest BCUT2D eigenvalue weighted by molar-refractivity contribution is 7.86. The van der Waals surface area contributed by atoms with Gasteiger partial charge in [0.25, 0.3) is 20.2 Å². The number of carbonyl (C=O) groups excluding carboxylic acids is 1. The summed E-state index contributed by atoms with van der Waals surface area (Å²) in [6.07, 6.45) is 2.48. The molecule has 0 radical (unpaired) electrons. The summed E-state index contributed by atoms with van der Waals surface area (Å²) in [6, 6.07) is 8.58. The van der Waals surface area contributed by atoms with E-state index in [4.69, 9.17) is 9.29 Å². The van der Waals surface area contributed by atoms with Crippen LogP contribution in [0.3, 0.4) is 0 Å². The molecule has 0 bridgehead atoms. The van der Waals surface area contributed by atoms with Gasteiger partial charge in [0.05, 0.1) is 12.0 Å². The van der Waals surface area contributed by atoms with E-state index in [1.54, 1.807) is 0 Å². The van der Waals surface area contributed by atoms with Crippen molar-refractivity contribution < 1.29 is 35.5 Å². The van der Waals surface area contributed by atoms with Crippen molar-refractivity contribution in [1.29, 1.82) is 0 Å². The van der Waals surface area contributed by atoms with Crippen molar-refractivity contribution in [3.63, 3.8) is 0 Å². The van der Waals surface area contributed by atoms with Crippen molar-refractivity contribution in [3.8, 4) is 5.75 Å². The molecule has 10 heteroatoms. The number of carbonyl (C=O) groups is 1. The third-order valence-corrected chi connectivity index (χ3v) is 5.07. The van der Waals surface area contributed by atoms with Gasteiger partial charge in [-0.15, -0.1) is 0 Å². The molecule has 2 N–H and O–H groups in total. The van der Waals surface area contributed by atoms with E-state index in [-0.39, 0.29) is 16.2 Å². The summed E-state index contributed by atoms with van der Waals surface area (Å²) in [5, 5.41) is 0. The van der Waals surface area contributed by atoms with E-state index in [1.165, 1.54) is 37.5 Å². The number of benzene rings is 2. The summed E-state index contributed by atoms with van der Waals surface area (Å²) in [5.74, 6) is -0.520. The van der Waals surface area contributed by atoms with E-state index in [1.807, 2.05) is 0 Å². The Hall–Kier alpha value is -2.53. The molecule has 0 spiro atoms. The van der Waals surface area contributed by atoms with Gasteiger partial charge < -0.3 is 4.74 Å². The van der Waals surface area contributed by atoms with Crippen LogP contribution in [0.4, 0.5) is 0 Å². The number of ether oxygens (including phenoxy) is 1. The van der Waals surface area contributed by atoms with Gasteiger partial charge in [-0.2, -0.15) is 16.8 Å². The quantitative estimate of drug-likeness (QED) is 0.429. The minimum absolute atomic E-state index is 0.0446. The summed E-state index contributed by atoms with van der Waals surface area (Å²) in [5.41, 5.74) is 0.485. The summed E-state index contributed by atoms with van der Waals surface area (Å²) in [4.78, 5) is 11.3. The standard InChI is InChI=1S/C16H14O8S2/c1-24-15-9-3-11(10-16(15)26(21,22)23)2-8-14(17)12-4-6-13(7-5-12)25(18,19)20/h2-10H,1H3,(H,18,19,20)(H,21,22,23). The largest absolute Gasteiger partial charge is 0.495 e. The number of hydrogen-bond donors (Lipinski definition) is 2. The molecule has 0 unspecified atom stereocenters. The second-order valence-electron chi connectivity index (χ2n) is 5.08. The lowest BCUT2D eigenvalue weighted by atomic mass is 10.1. The van der Waals surface area contributed by atoms with Crippen LogP contribution in [0, 0.1) is 0 Å². The van der Waals surface area contributed by atoms with Gasteiger partial charge in [0.2, 0.25) is 0 Å². The zero-order chi connectivity index (χ0) is 19.5. The van der Waals surface area contributed by atoms with Crippen molar-refractivity contribution in [1.82, 2.24) is 0 Å². The predicted molar refractivity (Wildman–Crippen MR) is 92.4 cm³/mol. The molecule has 0 aliphatic rings. The maximum atomic E-state index is 12.1. The van der Waals surface area contributed by atoms with Crippen molar-refractivity contribution in [2.24, 2.45) is 0 Å². The molecule has 0 heterocycles. The van der Waals surface area contributed by atoms with E-state index in [9.17, 15) is 26.2 Å². The second-order valence-corrected chi connectivity index (χ2v) is 7.89. The highest BCUT2D eigenvalue weighted by Gasteiger charge is 2.16. The third kappa shape index (κ3) is 4.76. The molecule has 0 fully saturated rings. The molecule has 0 aliphatic heterocycles. The van der Waals surface area contributed by atoms with Crippen molar-refractivity contribution in [2.45, 2.75) is 9.79 Å². The topological polar surface area (TPSA) is 135 Å². The molecular weight excluding hydrogens is 384 g/mol. The fourth-order valence-electron chi connectivity index (χ4n) is 2.06. The lowest BCUT2D eigenvalue weighted by Crippen LogP contribution is -2.02. The van der Waals surface area contributed by atoms with Crippen LogP contribution in [0.2, 0.25) is 0 Å². The van der Waals surface area contributed by atoms with Gasteiger partial charge in [-0.05, 0) is 48.0 Å². The van der Waals surface area contributed by atoms with Crippen LogP contribution in [0.15, 0.2) is 58.3 Å². The molecule has 0 aromatic heterocycles. The van der Waals surface area contributed by atoms with Crippen molar-refractivity contribution in [2.75, 3.05) is 7.11 Å². The molecule has 2 rings (SSSR count). The maximum Gasteiger partial charge on any atom is 0.298 e. The van der Waals surface area contributed by atoms with E-state index in [0.29, 0.717) is 5.56 Å². The van der Waals surface area contributed by atoms with E-state index < -0.39 is 30.9 Å². The Balaban J connectivity index is 2.28. The van der Waals surface area contributed by atoms with Crippen LogP contribution in [-0.4, -0.2) is 38.8 Å². The third-order valence-electron chi connectivity index (χ3n) is 3.33. The minimum Gasteiger partial charge on any atom is -0.495 e. The molecule has 0 aliphatic carbocycles. The molecule has 138 valence electrons. The highest BCUT2D eigenvalue weighted by Crippen LogP contribution is 2.25. The summed E-state index contributed by atoms with van der Waals surface area (Å²) in [7, 11) is -7.60. The maximum absolute atomic E-state index is 12.1. The van der Waals surface area contributed by atoms with Gasteiger partial charge in [-0.1, -0.05) is 12.1 Å². The van der Waals surface area contributed by atoms with Gasteiger partial charge >= 0.3 is 0 Å². The van der Waals surface area contributed by atoms with E-state index in [2.05, 4.69) is 0 Å². The lowest BCUT2D eigenvalue weighted by Gasteiger charge is -2.06. The van der Waals surface area contributed by atoms with Crippen molar-refractivity contribution >= 4 is 32.1 Å². The first-order chi connectivity index (χ1) is 12.0. The molecule has 2 aromatic rings. The molecule has 0 atom stereocenters. The number of ketones is 1. The van der Waals surface area contributed by atoms with Gasteiger partial charge in [0.15, 0.2) is 5.78 Å². The molecule has 0 saturated heterocycles. The normalized spacial score (nSPS) is 12.3. The number of hydrogen-bond acceptors (Lipinski definition) is 6. The Morgan fingerprint density at radius 3 is 2.08 bits per heavy atom. The van der Waals surface area contributed by atoms with Crippen LogP contribution in [0.1, 0.15) is 15.9 Å². The molecule has 26 heavy (non-hydrogen) atoms. The minimum atomic E-state index is -4.50. The van der Waals surface area contributed by atoms with E-state index in [0.717, 1.165) is 24.3 Å². The Morgan fingerprint density at radius 2 is 1.58 bits per heavy atom. The van der Waals surface area contributed by atoms with Gasteiger partial charge in [0, 0.05) is 5.56 Å². The predicted octanol–water partition coefficient (Wildman–Crippen LogP) is 2.08. The van der Waals surface area contributed by atoms with Gasteiger partial charge in [-0.25, -0.2) is 0 Å². The first-order valence-electron chi connectivity index (χ1n) is 6.98. The second kappa shape index (κ2) is 7.38. The van der Waals surface area contributed by atoms with Crippen LogP contribution in [0.25, 0.3) is 6.08 Å². The highest BCUT2D eigenvalue weighted by atomic mass is 32.2. The average Bonchev–Trinajstić information content (AvgIpc) is 2.58. The average molecular weight is 398 g/mol. The van der Waals surface area contributed by atoms with Crippen LogP contribution >= 0.6 is 0 Å².